The van der Waals surface area contributed by atoms with Crippen LogP contribution in [0, 0.1) is 0 Å². The van der Waals surface area contributed by atoms with Crippen LogP contribution in [0.4, 0.5) is 0 Å². The van der Waals surface area contributed by atoms with E-state index in [0.29, 0.717) is 18.8 Å². The Balaban J connectivity index is 1.63. The number of hydrogen-bond donors (Lipinski definition) is 2. The number of aromatic amines is 1. The summed E-state index contributed by atoms with van der Waals surface area (Å²) in [7, 11) is 0. The minimum atomic E-state index is -1.11. The minimum Gasteiger partial charge on any atom is -0.476 e. The number of nitrogens with one attached hydrogen (secondary N) is 1. The normalized spacial score (nSPS) is 15.3. The molecule has 3 heterocycles. The molecule has 9 nitrogen and oxygen atoms in total. The number of hydrogen-bond acceptors (Lipinski definition) is 5. The number of H-pyrrole nitrogens is 1. The molecule has 2 N–H and O–H groups in total. The lowest BCUT2D eigenvalue weighted by atomic mass is 10.1. The van der Waals surface area contributed by atoms with E-state index in [9.17, 15) is 9.59 Å². The fourth-order valence-corrected chi connectivity index (χ4v) is 1.89. The maximum Gasteiger partial charge on any atom is 0.358 e. The van der Waals surface area contributed by atoms with Crippen LogP contribution in [0.25, 0.3) is 0 Å². The van der Waals surface area contributed by atoms with Gasteiger partial charge in [-0.2, -0.15) is 5.10 Å². The van der Waals surface area contributed by atoms with Crippen molar-refractivity contribution >= 4 is 11.9 Å². The molecule has 0 atom stereocenters. The molecule has 98 valence electrons. The first kappa shape index (κ1) is 11.4. The highest BCUT2D eigenvalue weighted by Crippen LogP contribution is 2.21. The molecule has 0 aliphatic carbocycles. The second-order valence-electron chi connectivity index (χ2n) is 4.22. The summed E-state index contributed by atoms with van der Waals surface area (Å²) in [5.74, 6) is -1.25. The summed E-state index contributed by atoms with van der Waals surface area (Å²) in [5.41, 5.74) is 0.335. The van der Waals surface area contributed by atoms with Gasteiger partial charge in [0.15, 0.2) is 5.69 Å². The lowest BCUT2D eigenvalue weighted by Gasteiger charge is -2.38. The summed E-state index contributed by atoms with van der Waals surface area (Å²) < 4.78 is 1.47. The topological polar surface area (TPSA) is 117 Å². The van der Waals surface area contributed by atoms with Gasteiger partial charge in [0.1, 0.15) is 5.69 Å². The van der Waals surface area contributed by atoms with Crippen LogP contribution in [-0.4, -0.2) is 60.2 Å². The first-order valence-electron chi connectivity index (χ1n) is 5.59. The van der Waals surface area contributed by atoms with E-state index >= 15 is 0 Å². The number of carboxylic acid groups (broad SMARTS) is 1. The van der Waals surface area contributed by atoms with Crippen LogP contribution < -0.4 is 0 Å². The van der Waals surface area contributed by atoms with Crippen molar-refractivity contribution in [2.75, 3.05) is 13.1 Å². The standard InChI is InChI=1S/C10H10N6O3/c17-9(7-1-2-11-12-7)15-3-6(4-15)16-5-8(10(18)19)13-14-16/h1-2,5-6H,3-4H2,(H,11,12)(H,18,19). The van der Waals surface area contributed by atoms with Gasteiger partial charge in [0.25, 0.3) is 5.91 Å². The molecule has 1 aliphatic heterocycles. The van der Waals surface area contributed by atoms with Gasteiger partial charge in [-0.25, -0.2) is 9.48 Å². The molecule has 1 aliphatic rings. The molecule has 1 amide bonds. The Hall–Kier alpha value is -2.71. The Morgan fingerprint density at radius 2 is 2.21 bits per heavy atom. The Bertz CT molecular complexity index is 613. The van der Waals surface area contributed by atoms with Crippen molar-refractivity contribution in [1.82, 2.24) is 30.1 Å². The molecule has 1 saturated heterocycles. The average molecular weight is 262 g/mol. The van der Waals surface area contributed by atoms with Gasteiger partial charge in [0.05, 0.1) is 12.2 Å². The zero-order valence-corrected chi connectivity index (χ0v) is 9.72. The van der Waals surface area contributed by atoms with Gasteiger partial charge >= 0.3 is 5.97 Å². The zero-order valence-electron chi connectivity index (χ0n) is 9.72. The molecule has 3 rings (SSSR count). The number of aromatic carboxylic acids is 1. The summed E-state index contributed by atoms with van der Waals surface area (Å²) in [6, 6.07) is 1.57. The second-order valence-corrected chi connectivity index (χ2v) is 4.22. The first-order valence-corrected chi connectivity index (χ1v) is 5.59. The van der Waals surface area contributed by atoms with Crippen molar-refractivity contribution in [3.63, 3.8) is 0 Å². The van der Waals surface area contributed by atoms with Gasteiger partial charge in [0, 0.05) is 19.3 Å². The highest BCUT2D eigenvalue weighted by Gasteiger charge is 2.34. The molecule has 19 heavy (non-hydrogen) atoms. The van der Waals surface area contributed by atoms with Crippen molar-refractivity contribution < 1.29 is 14.7 Å². The molecule has 0 radical (unpaired) electrons. The largest absolute Gasteiger partial charge is 0.476 e. The van der Waals surface area contributed by atoms with Gasteiger partial charge < -0.3 is 10.0 Å². The van der Waals surface area contributed by atoms with Crippen LogP contribution >= 0.6 is 0 Å². The van der Waals surface area contributed by atoms with E-state index < -0.39 is 5.97 Å². The number of likely N-dealkylation sites (tertiary alicyclic amines) is 1. The average Bonchev–Trinajstić information content (AvgIpc) is 2.98. The number of carbonyl (C=O) groups excluding carboxylic acids is 1. The van der Waals surface area contributed by atoms with Crippen molar-refractivity contribution in [3.8, 4) is 0 Å². The Labute approximate surface area is 106 Å². The quantitative estimate of drug-likeness (QED) is 0.762. The molecular weight excluding hydrogens is 252 g/mol. The maximum absolute atomic E-state index is 11.9. The summed E-state index contributed by atoms with van der Waals surface area (Å²) in [5, 5.41) is 22.3. The molecular formula is C10H10N6O3. The second kappa shape index (κ2) is 4.19. The Morgan fingerprint density at radius 1 is 1.42 bits per heavy atom. The van der Waals surface area contributed by atoms with Gasteiger partial charge in [-0.05, 0) is 6.07 Å². The molecule has 0 bridgehead atoms. The fraction of sp³-hybridized carbons (Fsp3) is 0.300. The number of amides is 1. The third-order valence-corrected chi connectivity index (χ3v) is 2.98. The highest BCUT2D eigenvalue weighted by atomic mass is 16.4. The summed E-state index contributed by atoms with van der Waals surface area (Å²) in [6.45, 7) is 0.945. The highest BCUT2D eigenvalue weighted by molar-refractivity contribution is 5.92. The summed E-state index contributed by atoms with van der Waals surface area (Å²) in [6.07, 6.45) is 2.88. The summed E-state index contributed by atoms with van der Waals surface area (Å²) in [4.78, 5) is 24.2. The van der Waals surface area contributed by atoms with Crippen molar-refractivity contribution in [3.05, 3.63) is 29.8 Å². The molecule has 0 aromatic carbocycles. The Kier molecular flexibility index (Phi) is 2.51. The smallest absolute Gasteiger partial charge is 0.358 e. The van der Waals surface area contributed by atoms with E-state index in [2.05, 4.69) is 20.5 Å². The number of aromatic nitrogens is 5. The van der Waals surface area contributed by atoms with E-state index in [4.69, 9.17) is 5.11 Å². The van der Waals surface area contributed by atoms with Crippen LogP contribution in [-0.2, 0) is 0 Å². The van der Waals surface area contributed by atoms with Gasteiger partial charge in [0.2, 0.25) is 0 Å². The van der Waals surface area contributed by atoms with Crippen LogP contribution in [0.5, 0.6) is 0 Å². The van der Waals surface area contributed by atoms with E-state index in [1.54, 1.807) is 11.0 Å². The number of carbonyl (C=O) groups is 2. The van der Waals surface area contributed by atoms with E-state index in [1.165, 1.54) is 17.1 Å². The van der Waals surface area contributed by atoms with Gasteiger partial charge in [-0.1, -0.05) is 5.21 Å². The lowest BCUT2D eigenvalue weighted by Crippen LogP contribution is -2.51. The van der Waals surface area contributed by atoms with E-state index in [-0.39, 0.29) is 17.6 Å². The van der Waals surface area contributed by atoms with Gasteiger partial charge in [-0.15, -0.1) is 5.10 Å². The summed E-state index contributed by atoms with van der Waals surface area (Å²) >= 11 is 0. The number of rotatable bonds is 3. The van der Waals surface area contributed by atoms with E-state index in [0.717, 1.165) is 0 Å². The van der Waals surface area contributed by atoms with Crippen LogP contribution in [0.2, 0.25) is 0 Å². The minimum absolute atomic E-state index is 0.0347. The molecule has 9 heteroatoms. The fourth-order valence-electron chi connectivity index (χ4n) is 1.89. The number of carboxylic acids is 1. The monoisotopic (exact) mass is 262 g/mol. The molecule has 2 aromatic heterocycles. The molecule has 0 spiro atoms. The van der Waals surface area contributed by atoms with Crippen molar-refractivity contribution in [2.24, 2.45) is 0 Å². The van der Waals surface area contributed by atoms with Crippen molar-refractivity contribution in [1.29, 1.82) is 0 Å². The van der Waals surface area contributed by atoms with Crippen LogP contribution in [0.15, 0.2) is 18.5 Å². The van der Waals surface area contributed by atoms with Gasteiger partial charge in [-0.3, -0.25) is 9.89 Å². The first-order chi connectivity index (χ1) is 9.15. The maximum atomic E-state index is 11.9. The molecule has 1 fully saturated rings. The predicted molar refractivity (Wildman–Crippen MR) is 60.5 cm³/mol. The third kappa shape index (κ3) is 1.94. The van der Waals surface area contributed by atoms with E-state index in [1.807, 2.05) is 0 Å². The Morgan fingerprint density at radius 3 is 2.79 bits per heavy atom. The van der Waals surface area contributed by atoms with Crippen LogP contribution in [0.1, 0.15) is 27.0 Å². The van der Waals surface area contributed by atoms with Crippen molar-refractivity contribution in [2.45, 2.75) is 6.04 Å². The SMILES string of the molecule is O=C(O)c1cn(C2CN(C(=O)c3ccn[nH]3)C2)nn1. The zero-order chi connectivity index (χ0) is 13.4. The number of nitrogens with zero attached hydrogens (tertiary/aromatic N) is 5. The molecule has 2 aromatic rings. The van der Waals surface area contributed by atoms with Crippen LogP contribution in [0.3, 0.4) is 0 Å². The molecule has 0 saturated carbocycles. The lowest BCUT2D eigenvalue weighted by molar-refractivity contribution is 0.0491. The molecule has 0 unspecified atom stereocenters. The third-order valence-electron chi connectivity index (χ3n) is 2.98. The predicted octanol–water partition coefficient (Wildman–Crippen LogP) is -0.603.